The number of hydrogen-bond donors (Lipinski definition) is 1. The fourth-order valence-corrected chi connectivity index (χ4v) is 2.49. The van der Waals surface area contributed by atoms with Crippen LogP contribution in [0.2, 0.25) is 0 Å². The van der Waals surface area contributed by atoms with Crippen molar-refractivity contribution in [2.45, 2.75) is 0 Å². The second-order valence-corrected chi connectivity index (χ2v) is 5.21. The molecule has 2 aromatic carbocycles. The molecule has 6 heteroatoms. The summed E-state index contributed by atoms with van der Waals surface area (Å²) in [6.07, 6.45) is 0. The largest absolute Gasteiger partial charge is 0.496 e. The highest BCUT2D eigenvalue weighted by Gasteiger charge is 2.13. The van der Waals surface area contributed by atoms with Gasteiger partial charge in [-0.05, 0) is 46.3 Å². The number of nitrogen functional groups attached to an aromatic ring is 1. The van der Waals surface area contributed by atoms with Crippen molar-refractivity contribution >= 4 is 21.6 Å². The lowest BCUT2D eigenvalue weighted by atomic mass is 10.2. The Morgan fingerprint density at radius 1 is 1.19 bits per heavy atom. The molecule has 0 aliphatic rings. The predicted molar refractivity (Wildman–Crippen MR) is 83.8 cm³/mol. The second kappa shape index (κ2) is 5.57. The zero-order valence-corrected chi connectivity index (χ0v) is 12.8. The average Bonchev–Trinajstić information content (AvgIpc) is 2.97. The van der Waals surface area contributed by atoms with E-state index in [0.29, 0.717) is 17.4 Å². The fraction of sp³-hybridized carbons (Fsp3) is 0.0667. The van der Waals surface area contributed by atoms with Gasteiger partial charge < -0.3 is 15.0 Å². The third kappa shape index (κ3) is 2.62. The van der Waals surface area contributed by atoms with E-state index in [4.69, 9.17) is 15.0 Å². The highest BCUT2D eigenvalue weighted by atomic mass is 79.9. The Balaban J connectivity index is 1.99. The van der Waals surface area contributed by atoms with E-state index in [0.717, 1.165) is 21.3 Å². The zero-order valence-electron chi connectivity index (χ0n) is 11.2. The summed E-state index contributed by atoms with van der Waals surface area (Å²) in [6, 6.07) is 13.0. The second-order valence-electron chi connectivity index (χ2n) is 4.36. The summed E-state index contributed by atoms with van der Waals surface area (Å²) in [5.74, 6) is 1.64. The molecule has 3 rings (SSSR count). The Hall–Kier alpha value is -2.34. The first-order valence-electron chi connectivity index (χ1n) is 6.21. The van der Waals surface area contributed by atoms with Gasteiger partial charge in [-0.15, -0.1) is 0 Å². The number of nitrogens with zero attached hydrogens (tertiary/aromatic N) is 2. The summed E-state index contributed by atoms with van der Waals surface area (Å²) < 4.78 is 11.3. The van der Waals surface area contributed by atoms with Crippen LogP contribution in [0.4, 0.5) is 5.69 Å². The van der Waals surface area contributed by atoms with Gasteiger partial charge in [-0.1, -0.05) is 17.3 Å². The van der Waals surface area contributed by atoms with Crippen LogP contribution in [0, 0.1) is 0 Å². The Bertz CT molecular complexity index is 786. The monoisotopic (exact) mass is 345 g/mol. The maximum Gasteiger partial charge on any atom is 0.260 e. The molecule has 1 heterocycles. The summed E-state index contributed by atoms with van der Waals surface area (Å²) in [7, 11) is 1.62. The summed E-state index contributed by atoms with van der Waals surface area (Å²) in [6.45, 7) is 0. The lowest BCUT2D eigenvalue weighted by Gasteiger charge is -2.03. The number of nitrogens with two attached hydrogens (primary N) is 1. The van der Waals surface area contributed by atoms with Crippen LogP contribution in [0.25, 0.3) is 22.8 Å². The number of ether oxygens (including phenoxy) is 1. The highest BCUT2D eigenvalue weighted by molar-refractivity contribution is 9.10. The molecule has 0 atom stereocenters. The molecule has 0 aliphatic carbocycles. The summed E-state index contributed by atoms with van der Waals surface area (Å²) in [5.41, 5.74) is 8.06. The van der Waals surface area contributed by atoms with Gasteiger partial charge >= 0.3 is 0 Å². The fourth-order valence-electron chi connectivity index (χ4n) is 1.95. The van der Waals surface area contributed by atoms with E-state index in [9.17, 15) is 0 Å². The molecule has 0 unspecified atom stereocenters. The van der Waals surface area contributed by atoms with Gasteiger partial charge in [0.25, 0.3) is 5.89 Å². The molecule has 0 amide bonds. The van der Waals surface area contributed by atoms with E-state index in [-0.39, 0.29) is 0 Å². The van der Waals surface area contributed by atoms with Crippen LogP contribution in [0.15, 0.2) is 51.5 Å². The number of rotatable bonds is 3. The molecule has 0 spiro atoms. The molecule has 0 saturated carbocycles. The molecule has 0 saturated heterocycles. The van der Waals surface area contributed by atoms with Gasteiger partial charge in [-0.2, -0.15) is 4.98 Å². The minimum absolute atomic E-state index is 0.398. The van der Waals surface area contributed by atoms with Gasteiger partial charge in [0.1, 0.15) is 5.75 Å². The Labute approximate surface area is 129 Å². The molecule has 5 nitrogen and oxygen atoms in total. The lowest BCUT2D eigenvalue weighted by Crippen LogP contribution is -1.89. The first-order valence-corrected chi connectivity index (χ1v) is 7.01. The van der Waals surface area contributed by atoms with Crippen LogP contribution in [0.3, 0.4) is 0 Å². The van der Waals surface area contributed by atoms with Gasteiger partial charge in [0.2, 0.25) is 5.82 Å². The topological polar surface area (TPSA) is 74.2 Å². The number of benzene rings is 2. The zero-order chi connectivity index (χ0) is 14.8. The van der Waals surface area contributed by atoms with Crippen molar-refractivity contribution in [1.82, 2.24) is 10.1 Å². The molecule has 0 aliphatic heterocycles. The Morgan fingerprint density at radius 2 is 2.00 bits per heavy atom. The summed E-state index contributed by atoms with van der Waals surface area (Å²) in [4.78, 5) is 4.39. The van der Waals surface area contributed by atoms with E-state index < -0.39 is 0 Å². The van der Waals surface area contributed by atoms with Crippen molar-refractivity contribution in [2.24, 2.45) is 0 Å². The van der Waals surface area contributed by atoms with Gasteiger partial charge in [-0.3, -0.25) is 0 Å². The predicted octanol–water partition coefficient (Wildman–Crippen LogP) is 3.76. The molecular weight excluding hydrogens is 334 g/mol. The standard InChI is InChI=1S/C15H12BrN3O2/c1-20-13-7-6-9(8-11(13)16)14-18-15(21-19-14)10-4-2-3-5-12(10)17/h2-8H,17H2,1H3. The van der Waals surface area contributed by atoms with Crippen LogP contribution >= 0.6 is 15.9 Å². The minimum Gasteiger partial charge on any atom is -0.496 e. The molecular formula is C15H12BrN3O2. The maximum absolute atomic E-state index is 5.91. The van der Waals surface area contributed by atoms with Gasteiger partial charge in [0.15, 0.2) is 0 Å². The van der Waals surface area contributed by atoms with Crippen LogP contribution in [0.5, 0.6) is 5.75 Å². The average molecular weight is 346 g/mol. The number of aromatic nitrogens is 2. The molecule has 0 radical (unpaired) electrons. The molecule has 2 N–H and O–H groups in total. The Morgan fingerprint density at radius 3 is 2.71 bits per heavy atom. The van der Waals surface area contributed by atoms with Crippen molar-refractivity contribution in [3.05, 3.63) is 46.9 Å². The van der Waals surface area contributed by atoms with E-state index in [2.05, 4.69) is 26.1 Å². The smallest absolute Gasteiger partial charge is 0.260 e. The maximum atomic E-state index is 5.91. The van der Waals surface area contributed by atoms with Crippen molar-refractivity contribution in [2.75, 3.05) is 12.8 Å². The third-order valence-electron chi connectivity index (χ3n) is 3.03. The van der Waals surface area contributed by atoms with Crippen molar-refractivity contribution in [3.63, 3.8) is 0 Å². The van der Waals surface area contributed by atoms with Crippen molar-refractivity contribution < 1.29 is 9.26 Å². The number of hydrogen-bond acceptors (Lipinski definition) is 5. The van der Waals surface area contributed by atoms with E-state index in [1.807, 2.05) is 36.4 Å². The molecule has 0 fully saturated rings. The van der Waals surface area contributed by atoms with Crippen LogP contribution in [-0.2, 0) is 0 Å². The number of methoxy groups -OCH3 is 1. The van der Waals surface area contributed by atoms with Crippen LogP contribution in [-0.4, -0.2) is 17.3 Å². The molecule has 0 bridgehead atoms. The lowest BCUT2D eigenvalue weighted by molar-refractivity contribution is 0.412. The van der Waals surface area contributed by atoms with E-state index in [1.165, 1.54) is 0 Å². The molecule has 106 valence electrons. The number of para-hydroxylation sites is 1. The third-order valence-corrected chi connectivity index (χ3v) is 3.65. The summed E-state index contributed by atoms with van der Waals surface area (Å²) in [5, 5.41) is 4.00. The van der Waals surface area contributed by atoms with E-state index >= 15 is 0 Å². The van der Waals surface area contributed by atoms with E-state index in [1.54, 1.807) is 13.2 Å². The Kier molecular flexibility index (Phi) is 3.62. The van der Waals surface area contributed by atoms with Crippen LogP contribution in [0.1, 0.15) is 0 Å². The minimum atomic E-state index is 0.398. The molecule has 21 heavy (non-hydrogen) atoms. The SMILES string of the molecule is COc1ccc(-c2noc(-c3ccccc3N)n2)cc1Br. The van der Waals surface area contributed by atoms with Crippen LogP contribution < -0.4 is 10.5 Å². The molecule has 3 aromatic rings. The van der Waals surface area contributed by atoms with Gasteiger partial charge in [0, 0.05) is 11.3 Å². The van der Waals surface area contributed by atoms with Gasteiger partial charge in [-0.25, -0.2) is 0 Å². The highest BCUT2D eigenvalue weighted by Crippen LogP contribution is 2.31. The first kappa shape index (κ1) is 13.6. The van der Waals surface area contributed by atoms with Gasteiger partial charge in [0.05, 0.1) is 17.1 Å². The van der Waals surface area contributed by atoms with Crippen molar-refractivity contribution in [1.29, 1.82) is 0 Å². The number of anilines is 1. The first-order chi connectivity index (χ1) is 10.2. The van der Waals surface area contributed by atoms with Crippen molar-refractivity contribution in [3.8, 4) is 28.6 Å². The summed E-state index contributed by atoms with van der Waals surface area (Å²) >= 11 is 3.44. The normalized spacial score (nSPS) is 10.6. The molecule has 1 aromatic heterocycles. The number of halogens is 1. The quantitative estimate of drug-likeness (QED) is 0.731.